The van der Waals surface area contributed by atoms with E-state index in [0.717, 1.165) is 5.92 Å². The second kappa shape index (κ2) is 5.25. The minimum atomic E-state index is 0.379. The molecule has 2 saturated heterocycles. The number of nitrogens with zero attached hydrogens (tertiary/aromatic N) is 3. The summed E-state index contributed by atoms with van der Waals surface area (Å²) in [6.07, 6.45) is 1.40. The quantitative estimate of drug-likeness (QED) is 0.736. The van der Waals surface area contributed by atoms with E-state index in [1.165, 1.54) is 52.2 Å². The highest BCUT2D eigenvalue weighted by atomic mass is 15.3. The lowest BCUT2D eigenvalue weighted by Gasteiger charge is -2.48. The summed E-state index contributed by atoms with van der Waals surface area (Å²) < 4.78 is 0. The molecule has 0 radical (unpaired) electrons. The first-order valence-corrected chi connectivity index (χ1v) is 7.11. The van der Waals surface area contributed by atoms with Gasteiger partial charge in [0.25, 0.3) is 0 Å². The largest absolute Gasteiger partial charge is 0.304 e. The van der Waals surface area contributed by atoms with Crippen molar-refractivity contribution in [2.75, 3.05) is 52.9 Å². The van der Waals surface area contributed by atoms with Crippen molar-refractivity contribution in [1.29, 1.82) is 0 Å². The van der Waals surface area contributed by atoms with Crippen molar-refractivity contribution in [2.24, 2.45) is 5.92 Å². The van der Waals surface area contributed by atoms with Gasteiger partial charge in [-0.3, -0.25) is 4.90 Å². The summed E-state index contributed by atoms with van der Waals surface area (Å²) in [6.45, 7) is 16.0. The van der Waals surface area contributed by atoms with Gasteiger partial charge in [-0.25, -0.2) is 0 Å². The average Bonchev–Trinajstić information content (AvgIpc) is 2.16. The van der Waals surface area contributed by atoms with Gasteiger partial charge in [0.05, 0.1) is 0 Å². The molecule has 0 N–H and O–H groups in total. The van der Waals surface area contributed by atoms with Gasteiger partial charge in [0, 0.05) is 44.8 Å². The van der Waals surface area contributed by atoms with Crippen LogP contribution in [0.5, 0.6) is 0 Å². The summed E-state index contributed by atoms with van der Waals surface area (Å²) in [6, 6.07) is 0. The predicted octanol–water partition coefficient (Wildman–Crippen LogP) is 1.35. The smallest absolute Gasteiger partial charge is 0.0125 e. The summed E-state index contributed by atoms with van der Waals surface area (Å²) in [4.78, 5) is 7.67. The van der Waals surface area contributed by atoms with E-state index in [0.29, 0.717) is 5.54 Å². The lowest BCUT2D eigenvalue weighted by atomic mass is 9.90. The molecule has 100 valence electrons. The molecule has 0 atom stereocenters. The molecule has 0 amide bonds. The Balaban J connectivity index is 1.59. The standard InChI is InChI=1S/C14H29N3/c1-14(2,3)17-11-13(12-17)5-6-16-9-7-15(4)8-10-16/h13H,5-12H2,1-4H3. The molecule has 0 bridgehead atoms. The van der Waals surface area contributed by atoms with Crippen molar-refractivity contribution in [2.45, 2.75) is 32.7 Å². The number of rotatable bonds is 3. The van der Waals surface area contributed by atoms with Crippen LogP contribution in [-0.4, -0.2) is 73.1 Å². The van der Waals surface area contributed by atoms with Gasteiger partial charge in [0.15, 0.2) is 0 Å². The maximum absolute atomic E-state index is 2.64. The van der Waals surface area contributed by atoms with Gasteiger partial charge in [0.2, 0.25) is 0 Å². The Morgan fingerprint density at radius 2 is 1.59 bits per heavy atom. The van der Waals surface area contributed by atoms with Gasteiger partial charge in [-0.05, 0) is 46.7 Å². The summed E-state index contributed by atoms with van der Waals surface area (Å²) in [5, 5.41) is 0. The lowest BCUT2D eigenvalue weighted by molar-refractivity contribution is 0.00469. The Hall–Kier alpha value is -0.120. The number of hydrogen-bond acceptors (Lipinski definition) is 3. The van der Waals surface area contributed by atoms with Crippen LogP contribution in [0.1, 0.15) is 27.2 Å². The summed E-state index contributed by atoms with van der Waals surface area (Å²) in [7, 11) is 2.23. The van der Waals surface area contributed by atoms with Crippen molar-refractivity contribution < 1.29 is 0 Å². The van der Waals surface area contributed by atoms with Crippen LogP contribution in [0.4, 0.5) is 0 Å². The van der Waals surface area contributed by atoms with Crippen LogP contribution < -0.4 is 0 Å². The molecule has 2 aliphatic rings. The van der Waals surface area contributed by atoms with Gasteiger partial charge < -0.3 is 9.80 Å². The molecule has 0 spiro atoms. The van der Waals surface area contributed by atoms with Crippen molar-refractivity contribution in [1.82, 2.24) is 14.7 Å². The minimum Gasteiger partial charge on any atom is -0.304 e. The first-order valence-electron chi connectivity index (χ1n) is 7.11. The van der Waals surface area contributed by atoms with Crippen LogP contribution in [0.15, 0.2) is 0 Å². The van der Waals surface area contributed by atoms with E-state index in [1.54, 1.807) is 0 Å². The molecule has 0 saturated carbocycles. The molecule has 3 heteroatoms. The van der Waals surface area contributed by atoms with Gasteiger partial charge in [0.1, 0.15) is 0 Å². The molecule has 2 rings (SSSR count). The third kappa shape index (κ3) is 3.67. The molecule has 0 aromatic rings. The average molecular weight is 239 g/mol. The van der Waals surface area contributed by atoms with Gasteiger partial charge >= 0.3 is 0 Å². The van der Waals surface area contributed by atoms with Gasteiger partial charge in [-0.2, -0.15) is 0 Å². The summed E-state index contributed by atoms with van der Waals surface area (Å²) in [5.74, 6) is 0.953. The molecule has 0 aromatic heterocycles. The third-order valence-electron chi connectivity index (χ3n) is 4.36. The molecular weight excluding hydrogens is 210 g/mol. The van der Waals surface area contributed by atoms with Crippen LogP contribution >= 0.6 is 0 Å². The highest BCUT2D eigenvalue weighted by Crippen LogP contribution is 2.27. The number of likely N-dealkylation sites (N-methyl/N-ethyl adjacent to an activating group) is 1. The number of piperazine rings is 1. The zero-order chi connectivity index (χ0) is 12.5. The minimum absolute atomic E-state index is 0.379. The molecule has 2 aliphatic heterocycles. The molecule has 2 fully saturated rings. The molecule has 17 heavy (non-hydrogen) atoms. The predicted molar refractivity (Wildman–Crippen MR) is 73.4 cm³/mol. The zero-order valence-electron chi connectivity index (χ0n) is 12.1. The van der Waals surface area contributed by atoms with Crippen LogP contribution in [0.3, 0.4) is 0 Å². The molecule has 0 aromatic carbocycles. The van der Waals surface area contributed by atoms with Gasteiger partial charge in [-0.1, -0.05) is 0 Å². The van der Waals surface area contributed by atoms with E-state index in [2.05, 4.69) is 42.5 Å². The zero-order valence-corrected chi connectivity index (χ0v) is 12.1. The second-order valence-electron chi connectivity index (χ2n) is 6.88. The Bertz CT molecular complexity index is 232. The first-order chi connectivity index (χ1) is 7.95. The molecule has 0 unspecified atom stereocenters. The highest BCUT2D eigenvalue weighted by molar-refractivity contribution is 4.89. The summed E-state index contributed by atoms with van der Waals surface area (Å²) >= 11 is 0. The SMILES string of the molecule is CN1CCN(CCC2CN(C(C)(C)C)C2)CC1. The second-order valence-corrected chi connectivity index (χ2v) is 6.88. The third-order valence-corrected chi connectivity index (χ3v) is 4.36. The fourth-order valence-electron chi connectivity index (χ4n) is 2.74. The Kier molecular flexibility index (Phi) is 4.11. The van der Waals surface area contributed by atoms with Crippen LogP contribution in [0.2, 0.25) is 0 Å². The maximum Gasteiger partial charge on any atom is 0.0125 e. The van der Waals surface area contributed by atoms with Crippen LogP contribution in [-0.2, 0) is 0 Å². The Morgan fingerprint density at radius 3 is 2.12 bits per heavy atom. The molecule has 0 aliphatic carbocycles. The molecular formula is C14H29N3. The maximum atomic E-state index is 2.64. The van der Waals surface area contributed by atoms with E-state index in [1.807, 2.05) is 0 Å². The topological polar surface area (TPSA) is 9.72 Å². The van der Waals surface area contributed by atoms with E-state index in [4.69, 9.17) is 0 Å². The van der Waals surface area contributed by atoms with E-state index in [-0.39, 0.29) is 0 Å². The molecule has 2 heterocycles. The molecule has 3 nitrogen and oxygen atoms in total. The van der Waals surface area contributed by atoms with Crippen molar-refractivity contribution in [3.05, 3.63) is 0 Å². The Morgan fingerprint density at radius 1 is 1.00 bits per heavy atom. The van der Waals surface area contributed by atoms with Crippen molar-refractivity contribution >= 4 is 0 Å². The van der Waals surface area contributed by atoms with Gasteiger partial charge in [-0.15, -0.1) is 0 Å². The Labute approximate surface area is 107 Å². The fourth-order valence-corrected chi connectivity index (χ4v) is 2.74. The first kappa shape index (κ1) is 13.3. The van der Waals surface area contributed by atoms with Crippen molar-refractivity contribution in [3.63, 3.8) is 0 Å². The van der Waals surface area contributed by atoms with Crippen LogP contribution in [0, 0.1) is 5.92 Å². The normalized spacial score (nSPS) is 26.1. The monoisotopic (exact) mass is 239 g/mol. The lowest BCUT2D eigenvalue weighted by Crippen LogP contribution is -2.56. The highest BCUT2D eigenvalue weighted by Gasteiger charge is 2.34. The van der Waals surface area contributed by atoms with E-state index in [9.17, 15) is 0 Å². The van der Waals surface area contributed by atoms with E-state index < -0.39 is 0 Å². The number of likely N-dealkylation sites (tertiary alicyclic amines) is 1. The van der Waals surface area contributed by atoms with Crippen LogP contribution in [0.25, 0.3) is 0 Å². The summed E-state index contributed by atoms with van der Waals surface area (Å²) in [5.41, 5.74) is 0.379. The fraction of sp³-hybridized carbons (Fsp3) is 1.00. The van der Waals surface area contributed by atoms with Crippen molar-refractivity contribution in [3.8, 4) is 0 Å². The van der Waals surface area contributed by atoms with E-state index >= 15 is 0 Å². The number of hydrogen-bond donors (Lipinski definition) is 0.